The summed E-state index contributed by atoms with van der Waals surface area (Å²) in [5.74, 6) is 3.77. The Balaban J connectivity index is 1.66. The molecular weight excluding hydrogens is 152 g/mol. The largest absolute Gasteiger partial charge is 0.369 e. The van der Waals surface area contributed by atoms with Crippen molar-refractivity contribution in [3.8, 4) is 0 Å². The van der Waals surface area contributed by atoms with E-state index in [4.69, 9.17) is 9.47 Å². The van der Waals surface area contributed by atoms with E-state index >= 15 is 0 Å². The van der Waals surface area contributed by atoms with Crippen molar-refractivity contribution in [1.82, 2.24) is 0 Å². The van der Waals surface area contributed by atoms with Crippen molar-refractivity contribution in [3.05, 3.63) is 0 Å². The molecule has 2 aliphatic heterocycles. The molecule has 0 N–H and O–H groups in total. The van der Waals surface area contributed by atoms with E-state index in [1.807, 2.05) is 0 Å². The second-order valence-electron chi connectivity index (χ2n) is 5.24. The van der Waals surface area contributed by atoms with Crippen molar-refractivity contribution in [2.45, 2.75) is 37.3 Å². The zero-order valence-corrected chi connectivity index (χ0v) is 6.85. The van der Waals surface area contributed by atoms with Crippen molar-refractivity contribution in [2.24, 2.45) is 23.7 Å². The van der Waals surface area contributed by atoms with Gasteiger partial charge in [-0.25, -0.2) is 0 Å². The van der Waals surface area contributed by atoms with E-state index in [1.165, 1.54) is 12.8 Å². The highest BCUT2D eigenvalue weighted by Crippen LogP contribution is 2.69. The van der Waals surface area contributed by atoms with Gasteiger partial charge in [0, 0.05) is 0 Å². The predicted molar refractivity (Wildman–Crippen MR) is 40.5 cm³/mol. The molecule has 5 fully saturated rings. The molecule has 0 spiro atoms. The van der Waals surface area contributed by atoms with Crippen molar-refractivity contribution < 1.29 is 9.47 Å². The van der Waals surface area contributed by atoms with Crippen LogP contribution in [0.2, 0.25) is 0 Å². The molecule has 0 unspecified atom stereocenters. The number of hydrogen-bond acceptors (Lipinski definition) is 2. The van der Waals surface area contributed by atoms with E-state index in [-0.39, 0.29) is 0 Å². The molecule has 0 amide bonds. The van der Waals surface area contributed by atoms with Crippen LogP contribution >= 0.6 is 0 Å². The van der Waals surface area contributed by atoms with Gasteiger partial charge in [0.25, 0.3) is 0 Å². The molecule has 2 nitrogen and oxygen atoms in total. The lowest BCUT2D eigenvalue weighted by Crippen LogP contribution is -2.27. The summed E-state index contributed by atoms with van der Waals surface area (Å²) >= 11 is 0. The molecule has 0 aromatic rings. The van der Waals surface area contributed by atoms with Gasteiger partial charge in [-0.15, -0.1) is 0 Å². The van der Waals surface area contributed by atoms with Gasteiger partial charge in [-0.3, -0.25) is 0 Å². The highest BCUT2D eigenvalue weighted by atomic mass is 16.6. The Hall–Kier alpha value is -0.0800. The lowest BCUT2D eigenvalue weighted by Gasteiger charge is -2.22. The van der Waals surface area contributed by atoms with Gasteiger partial charge in [-0.2, -0.15) is 0 Å². The van der Waals surface area contributed by atoms with Gasteiger partial charge in [0.2, 0.25) is 0 Å². The third kappa shape index (κ3) is 0.409. The summed E-state index contributed by atoms with van der Waals surface area (Å²) < 4.78 is 11.3. The second kappa shape index (κ2) is 1.38. The molecule has 5 rings (SSSR count). The summed E-state index contributed by atoms with van der Waals surface area (Å²) in [4.78, 5) is 0. The Bertz CT molecular complexity index is 273. The van der Waals surface area contributed by atoms with Crippen LogP contribution in [-0.4, -0.2) is 24.4 Å². The SMILES string of the molecule is C1[C@@H]2[C@H]3C[C@H]4O[C@H]4[C@H]3[C@H]1[C@H]1O[C@@H]21. The number of fused-ring (bicyclic) bond motifs is 10. The second-order valence-corrected chi connectivity index (χ2v) is 5.24. The molecule has 12 heavy (non-hydrogen) atoms. The van der Waals surface area contributed by atoms with Crippen molar-refractivity contribution in [1.29, 1.82) is 0 Å². The predicted octanol–water partition coefficient (Wildman–Crippen LogP) is 0.807. The van der Waals surface area contributed by atoms with E-state index < -0.39 is 0 Å². The Morgan fingerprint density at radius 2 is 1.67 bits per heavy atom. The Morgan fingerprint density at radius 1 is 0.750 bits per heavy atom. The van der Waals surface area contributed by atoms with Gasteiger partial charge in [-0.05, 0) is 36.5 Å². The fraction of sp³-hybridized carbons (Fsp3) is 1.00. The van der Waals surface area contributed by atoms with Crippen LogP contribution in [0, 0.1) is 23.7 Å². The zero-order valence-electron chi connectivity index (χ0n) is 6.85. The van der Waals surface area contributed by atoms with Crippen molar-refractivity contribution in [3.63, 3.8) is 0 Å². The molecule has 0 aromatic carbocycles. The number of ether oxygens (including phenoxy) is 2. The Labute approximate surface area is 71.2 Å². The van der Waals surface area contributed by atoms with E-state index in [1.54, 1.807) is 0 Å². The summed E-state index contributed by atoms with van der Waals surface area (Å²) in [5.41, 5.74) is 0. The van der Waals surface area contributed by atoms with Crippen molar-refractivity contribution in [2.75, 3.05) is 0 Å². The molecule has 2 heterocycles. The van der Waals surface area contributed by atoms with Gasteiger partial charge in [0.1, 0.15) is 0 Å². The standard InChI is InChI=1S/C10H12O2/c1-4-3-2-6-10(11-6)7(3)5(1)9-8(4)12-9/h3-10H,1-2H2/t3-,4-,5+,6-,7-,8+,9-,10-/m1/s1. The fourth-order valence-corrected chi connectivity index (χ4v) is 4.58. The maximum Gasteiger partial charge on any atom is 0.0876 e. The van der Waals surface area contributed by atoms with Crippen LogP contribution in [0.1, 0.15) is 12.8 Å². The fourth-order valence-electron chi connectivity index (χ4n) is 4.58. The van der Waals surface area contributed by atoms with Crippen LogP contribution in [0.3, 0.4) is 0 Å². The van der Waals surface area contributed by atoms with E-state index in [9.17, 15) is 0 Å². The number of rotatable bonds is 0. The monoisotopic (exact) mass is 164 g/mol. The third-order valence-electron chi connectivity index (χ3n) is 4.99. The first-order chi connectivity index (χ1) is 5.93. The van der Waals surface area contributed by atoms with E-state index in [0.29, 0.717) is 24.4 Å². The Kier molecular flexibility index (Phi) is 0.644. The topological polar surface area (TPSA) is 25.1 Å². The van der Waals surface area contributed by atoms with Crippen LogP contribution in [0.25, 0.3) is 0 Å². The maximum atomic E-state index is 5.69. The zero-order chi connectivity index (χ0) is 7.45. The minimum absolute atomic E-state index is 0.676. The molecule has 3 saturated carbocycles. The summed E-state index contributed by atoms with van der Waals surface area (Å²) in [6, 6.07) is 0. The first-order valence-corrected chi connectivity index (χ1v) is 5.24. The van der Waals surface area contributed by atoms with E-state index in [0.717, 1.165) is 23.7 Å². The van der Waals surface area contributed by atoms with Crippen LogP contribution in [-0.2, 0) is 9.47 Å². The Morgan fingerprint density at radius 3 is 2.67 bits per heavy atom. The molecule has 0 radical (unpaired) electrons. The highest BCUT2D eigenvalue weighted by Gasteiger charge is 2.74. The van der Waals surface area contributed by atoms with Crippen LogP contribution in [0.4, 0.5) is 0 Å². The summed E-state index contributed by atoms with van der Waals surface area (Å²) in [7, 11) is 0. The van der Waals surface area contributed by atoms with Crippen molar-refractivity contribution >= 4 is 0 Å². The quantitative estimate of drug-likeness (QED) is 0.495. The summed E-state index contributed by atoms with van der Waals surface area (Å²) in [6.07, 6.45) is 5.58. The lowest BCUT2D eigenvalue weighted by atomic mass is 9.81. The van der Waals surface area contributed by atoms with Gasteiger partial charge >= 0.3 is 0 Å². The smallest absolute Gasteiger partial charge is 0.0876 e. The molecule has 8 atom stereocenters. The van der Waals surface area contributed by atoms with Gasteiger partial charge < -0.3 is 9.47 Å². The molecule has 3 aliphatic carbocycles. The average molecular weight is 164 g/mol. The molecule has 0 aromatic heterocycles. The molecule has 64 valence electrons. The maximum absolute atomic E-state index is 5.69. The molecule has 2 bridgehead atoms. The molecule has 5 aliphatic rings. The molecule has 2 heteroatoms. The highest BCUT2D eigenvalue weighted by molar-refractivity contribution is 5.21. The van der Waals surface area contributed by atoms with Gasteiger partial charge in [0.15, 0.2) is 0 Å². The molecule has 2 saturated heterocycles. The minimum atomic E-state index is 0.676. The van der Waals surface area contributed by atoms with Crippen LogP contribution in [0.5, 0.6) is 0 Å². The minimum Gasteiger partial charge on any atom is -0.369 e. The van der Waals surface area contributed by atoms with Gasteiger partial charge in [0.05, 0.1) is 24.4 Å². The lowest BCUT2D eigenvalue weighted by molar-refractivity contribution is 0.162. The summed E-state index contributed by atoms with van der Waals surface area (Å²) in [5, 5.41) is 0. The van der Waals surface area contributed by atoms with Crippen LogP contribution < -0.4 is 0 Å². The summed E-state index contributed by atoms with van der Waals surface area (Å²) in [6.45, 7) is 0. The third-order valence-corrected chi connectivity index (χ3v) is 4.99. The van der Waals surface area contributed by atoms with E-state index in [2.05, 4.69) is 0 Å². The first kappa shape index (κ1) is 5.61. The van der Waals surface area contributed by atoms with Crippen LogP contribution in [0.15, 0.2) is 0 Å². The normalized spacial score (nSPS) is 80.0. The number of hydrogen-bond donors (Lipinski definition) is 0. The van der Waals surface area contributed by atoms with Gasteiger partial charge in [-0.1, -0.05) is 0 Å². The molecular formula is C10H12O2. The first-order valence-electron chi connectivity index (χ1n) is 5.24. The average Bonchev–Trinajstić information content (AvgIpc) is 2.92. The number of epoxide rings is 2.